The molecule has 2 aromatic carbocycles. The molecule has 0 bridgehead atoms. The quantitative estimate of drug-likeness (QED) is 0.256. The van der Waals surface area contributed by atoms with Gasteiger partial charge in [0.15, 0.2) is 5.13 Å². The molecular formula is C23H21F2N3O2S2. The molecular weight excluding hydrogens is 452 g/mol. The van der Waals surface area contributed by atoms with E-state index in [-0.39, 0.29) is 23.3 Å². The molecule has 0 saturated heterocycles. The van der Waals surface area contributed by atoms with Crippen LogP contribution in [0.15, 0.2) is 64.9 Å². The maximum Gasteiger partial charge on any atom is 0.244 e. The van der Waals surface area contributed by atoms with Crippen LogP contribution in [-0.2, 0) is 9.59 Å². The number of anilines is 2. The van der Waals surface area contributed by atoms with Crippen LogP contribution in [0.4, 0.5) is 19.6 Å². The number of halogens is 2. The number of carbonyl (C=O) groups excluding carboxylic acids is 2. The Morgan fingerprint density at radius 3 is 2.62 bits per heavy atom. The van der Waals surface area contributed by atoms with Crippen molar-refractivity contribution in [3.05, 3.63) is 77.3 Å². The minimum atomic E-state index is -0.521. The Morgan fingerprint density at radius 1 is 1.16 bits per heavy atom. The number of nitrogens with zero attached hydrogens (tertiary/aromatic N) is 2. The number of thiazole rings is 1. The van der Waals surface area contributed by atoms with Crippen LogP contribution in [0.5, 0.6) is 0 Å². The van der Waals surface area contributed by atoms with Crippen molar-refractivity contribution in [2.75, 3.05) is 17.2 Å². The molecule has 0 unspecified atom stereocenters. The monoisotopic (exact) mass is 473 g/mol. The van der Waals surface area contributed by atoms with Crippen molar-refractivity contribution in [2.24, 2.45) is 0 Å². The standard InChI is InChI=1S/C23H21F2N3O2S2/c1-16(29)28(21-6-3-2-5-20(21)25)23-27-18(15-32-23)9-12-22(30)26-13-4-14-31-19-10-7-17(24)8-11-19/h2-3,5-12,15H,4,13-14H2,1H3,(H,26,30)/b12-9+. The van der Waals surface area contributed by atoms with Gasteiger partial charge in [-0.2, -0.15) is 0 Å². The summed E-state index contributed by atoms with van der Waals surface area (Å²) in [5.41, 5.74) is 0.621. The van der Waals surface area contributed by atoms with E-state index >= 15 is 0 Å². The molecule has 0 aliphatic heterocycles. The van der Waals surface area contributed by atoms with E-state index in [1.54, 1.807) is 47.5 Å². The number of carbonyl (C=O) groups is 2. The summed E-state index contributed by atoms with van der Waals surface area (Å²) < 4.78 is 27.0. The Labute approximate surface area is 193 Å². The molecule has 0 radical (unpaired) electrons. The summed E-state index contributed by atoms with van der Waals surface area (Å²) in [7, 11) is 0. The molecule has 166 valence electrons. The number of nitrogens with one attached hydrogen (secondary N) is 1. The van der Waals surface area contributed by atoms with E-state index in [0.29, 0.717) is 17.4 Å². The fourth-order valence-corrected chi connectivity index (χ4v) is 4.42. The van der Waals surface area contributed by atoms with E-state index in [1.165, 1.54) is 53.5 Å². The average molecular weight is 474 g/mol. The second-order valence-corrected chi connectivity index (χ2v) is 8.65. The van der Waals surface area contributed by atoms with Crippen molar-refractivity contribution < 1.29 is 18.4 Å². The summed E-state index contributed by atoms with van der Waals surface area (Å²) in [6.07, 6.45) is 3.67. The second kappa shape index (κ2) is 11.5. The van der Waals surface area contributed by atoms with Crippen molar-refractivity contribution in [2.45, 2.75) is 18.2 Å². The SMILES string of the molecule is CC(=O)N(c1nc(/C=C/C(=O)NCCCSc2ccc(F)cc2)cs1)c1ccccc1F. The first-order valence-electron chi connectivity index (χ1n) is 9.79. The molecule has 1 aromatic heterocycles. The van der Waals surface area contributed by atoms with Crippen molar-refractivity contribution in [3.63, 3.8) is 0 Å². The summed E-state index contributed by atoms with van der Waals surface area (Å²) in [4.78, 5) is 30.6. The van der Waals surface area contributed by atoms with Crippen molar-refractivity contribution in [1.82, 2.24) is 10.3 Å². The third-order valence-corrected chi connectivity index (χ3v) is 6.16. The summed E-state index contributed by atoms with van der Waals surface area (Å²) in [5.74, 6) is -0.615. The van der Waals surface area contributed by atoms with E-state index in [2.05, 4.69) is 10.3 Å². The predicted octanol–water partition coefficient (Wildman–Crippen LogP) is 5.42. The molecule has 9 heteroatoms. The lowest BCUT2D eigenvalue weighted by Crippen LogP contribution is -2.23. The number of thioether (sulfide) groups is 1. The number of amides is 2. The van der Waals surface area contributed by atoms with Crippen LogP contribution in [0.1, 0.15) is 19.0 Å². The molecule has 3 rings (SSSR count). The van der Waals surface area contributed by atoms with Gasteiger partial charge in [-0.25, -0.2) is 13.8 Å². The lowest BCUT2D eigenvalue weighted by Gasteiger charge is -2.18. The molecule has 0 aliphatic carbocycles. The molecule has 0 aliphatic rings. The Morgan fingerprint density at radius 2 is 1.91 bits per heavy atom. The van der Waals surface area contributed by atoms with Crippen LogP contribution in [0.2, 0.25) is 0 Å². The number of para-hydroxylation sites is 1. The van der Waals surface area contributed by atoms with Crippen LogP contribution >= 0.6 is 23.1 Å². The van der Waals surface area contributed by atoms with Gasteiger partial charge >= 0.3 is 0 Å². The lowest BCUT2D eigenvalue weighted by atomic mass is 10.3. The minimum Gasteiger partial charge on any atom is -0.353 e. The summed E-state index contributed by atoms with van der Waals surface area (Å²) >= 11 is 2.78. The van der Waals surface area contributed by atoms with Gasteiger partial charge in [-0.15, -0.1) is 23.1 Å². The zero-order valence-corrected chi connectivity index (χ0v) is 18.9. The highest BCUT2D eigenvalue weighted by Crippen LogP contribution is 2.31. The van der Waals surface area contributed by atoms with E-state index in [4.69, 9.17) is 0 Å². The largest absolute Gasteiger partial charge is 0.353 e. The first-order chi connectivity index (χ1) is 15.4. The van der Waals surface area contributed by atoms with Gasteiger partial charge in [-0.1, -0.05) is 12.1 Å². The third-order valence-electron chi connectivity index (χ3n) is 4.22. The number of hydrogen-bond donors (Lipinski definition) is 1. The van der Waals surface area contributed by atoms with E-state index < -0.39 is 5.82 Å². The van der Waals surface area contributed by atoms with Crippen molar-refractivity contribution in [1.29, 1.82) is 0 Å². The molecule has 0 saturated carbocycles. The lowest BCUT2D eigenvalue weighted by molar-refractivity contribution is -0.117. The minimum absolute atomic E-state index is 0.126. The smallest absolute Gasteiger partial charge is 0.244 e. The number of hydrogen-bond acceptors (Lipinski definition) is 5. The molecule has 32 heavy (non-hydrogen) atoms. The Kier molecular flexibility index (Phi) is 8.52. The van der Waals surface area contributed by atoms with Crippen molar-refractivity contribution in [3.8, 4) is 0 Å². The van der Waals surface area contributed by atoms with Crippen molar-refractivity contribution >= 4 is 51.8 Å². The van der Waals surface area contributed by atoms with Gasteiger partial charge in [0.25, 0.3) is 0 Å². The Hall–Kier alpha value is -3.04. The van der Waals surface area contributed by atoms with E-state index in [9.17, 15) is 18.4 Å². The molecule has 5 nitrogen and oxygen atoms in total. The fraction of sp³-hybridized carbons (Fsp3) is 0.174. The van der Waals surface area contributed by atoms with Gasteiger partial charge < -0.3 is 5.32 Å². The number of aromatic nitrogens is 1. The second-order valence-electron chi connectivity index (χ2n) is 6.64. The van der Waals surface area contributed by atoms with Gasteiger partial charge in [0, 0.05) is 29.8 Å². The Bertz CT molecular complexity index is 1100. The van der Waals surface area contributed by atoms with Crippen LogP contribution < -0.4 is 10.2 Å². The highest BCUT2D eigenvalue weighted by atomic mass is 32.2. The molecule has 1 N–H and O–H groups in total. The molecule has 1 heterocycles. The Balaban J connectivity index is 1.49. The van der Waals surface area contributed by atoms with E-state index in [0.717, 1.165) is 17.1 Å². The topological polar surface area (TPSA) is 62.3 Å². The predicted molar refractivity (Wildman–Crippen MR) is 125 cm³/mol. The van der Waals surface area contributed by atoms with Crippen LogP contribution in [0.25, 0.3) is 6.08 Å². The molecule has 0 atom stereocenters. The van der Waals surface area contributed by atoms with Gasteiger partial charge in [-0.05, 0) is 54.6 Å². The summed E-state index contributed by atoms with van der Waals surface area (Å²) in [6.45, 7) is 1.84. The van der Waals surface area contributed by atoms with Gasteiger partial charge in [0.2, 0.25) is 11.8 Å². The molecule has 3 aromatic rings. The highest BCUT2D eigenvalue weighted by Gasteiger charge is 2.20. The van der Waals surface area contributed by atoms with Gasteiger partial charge in [0.05, 0.1) is 11.4 Å². The molecule has 0 spiro atoms. The fourth-order valence-electron chi connectivity index (χ4n) is 2.72. The zero-order valence-electron chi connectivity index (χ0n) is 17.3. The average Bonchev–Trinajstić information content (AvgIpc) is 3.23. The number of rotatable bonds is 9. The van der Waals surface area contributed by atoms with Crippen LogP contribution in [-0.4, -0.2) is 29.1 Å². The zero-order chi connectivity index (χ0) is 22.9. The van der Waals surface area contributed by atoms with E-state index in [1.807, 2.05) is 0 Å². The molecule has 2 amide bonds. The highest BCUT2D eigenvalue weighted by molar-refractivity contribution is 7.99. The number of benzene rings is 2. The maximum absolute atomic E-state index is 14.1. The summed E-state index contributed by atoms with van der Waals surface area (Å²) in [5, 5.41) is 4.80. The van der Waals surface area contributed by atoms with Gasteiger partial charge in [0.1, 0.15) is 11.6 Å². The third kappa shape index (κ3) is 6.73. The van der Waals surface area contributed by atoms with Gasteiger partial charge in [-0.3, -0.25) is 14.5 Å². The first-order valence-corrected chi connectivity index (χ1v) is 11.7. The first kappa shape index (κ1) is 23.6. The van der Waals surface area contributed by atoms with Crippen LogP contribution in [0.3, 0.4) is 0 Å². The normalized spacial score (nSPS) is 11.0. The van der Waals surface area contributed by atoms with Crippen LogP contribution in [0, 0.1) is 11.6 Å². The molecule has 0 fully saturated rings. The maximum atomic E-state index is 14.1. The summed E-state index contributed by atoms with van der Waals surface area (Å²) in [6, 6.07) is 12.3.